The third kappa shape index (κ3) is 4.29. The van der Waals surface area contributed by atoms with Crippen molar-refractivity contribution in [1.82, 2.24) is 0 Å². The molecule has 0 aliphatic carbocycles. The topological polar surface area (TPSA) is 66.4 Å². The van der Waals surface area contributed by atoms with Gasteiger partial charge in [-0.1, -0.05) is 15.9 Å². The number of hydrogen-bond acceptors (Lipinski definition) is 3. The average molecular weight is 346 g/mol. The molecule has 0 unspecified atom stereocenters. The summed E-state index contributed by atoms with van der Waals surface area (Å²) in [5, 5.41) is 11.7. The number of allylic oxidation sites excluding steroid dienone is 1. The largest absolute Gasteiger partial charge is 0.478 e. The highest BCUT2D eigenvalue weighted by molar-refractivity contribution is 9.10. The Morgan fingerprint density at radius 3 is 2.10 bits per heavy atom. The SMILES string of the molecule is O=C(O)c1ccc(N/C=C/C(=O)c2ccc(Br)cc2)cc1. The molecule has 5 heteroatoms. The molecule has 0 saturated carbocycles. The number of anilines is 1. The molecule has 0 atom stereocenters. The first-order chi connectivity index (χ1) is 10.1. The van der Waals surface area contributed by atoms with Crippen LogP contribution in [0, 0.1) is 0 Å². The Bertz CT molecular complexity index is 676. The summed E-state index contributed by atoms with van der Waals surface area (Å²) in [6, 6.07) is 13.3. The van der Waals surface area contributed by atoms with Crippen molar-refractivity contribution in [3.8, 4) is 0 Å². The van der Waals surface area contributed by atoms with Gasteiger partial charge in [0, 0.05) is 28.0 Å². The second-order valence-corrected chi connectivity index (χ2v) is 5.15. The Morgan fingerprint density at radius 2 is 1.52 bits per heavy atom. The number of carbonyl (C=O) groups excluding carboxylic acids is 1. The van der Waals surface area contributed by atoms with E-state index >= 15 is 0 Å². The predicted octanol–water partition coefficient (Wildman–Crippen LogP) is 3.96. The fourth-order valence-corrected chi connectivity index (χ4v) is 1.90. The van der Waals surface area contributed by atoms with Crippen molar-refractivity contribution < 1.29 is 14.7 Å². The van der Waals surface area contributed by atoms with E-state index in [4.69, 9.17) is 5.11 Å². The van der Waals surface area contributed by atoms with Gasteiger partial charge in [0.2, 0.25) is 0 Å². The van der Waals surface area contributed by atoms with Crippen LogP contribution in [0.3, 0.4) is 0 Å². The molecule has 2 rings (SSSR count). The Labute approximate surface area is 130 Å². The summed E-state index contributed by atoms with van der Waals surface area (Å²) in [7, 11) is 0. The van der Waals surface area contributed by atoms with Gasteiger partial charge in [-0.3, -0.25) is 4.79 Å². The van der Waals surface area contributed by atoms with Gasteiger partial charge in [0.25, 0.3) is 0 Å². The Morgan fingerprint density at radius 1 is 0.952 bits per heavy atom. The highest BCUT2D eigenvalue weighted by atomic mass is 79.9. The predicted molar refractivity (Wildman–Crippen MR) is 84.6 cm³/mol. The molecule has 21 heavy (non-hydrogen) atoms. The number of nitrogens with one attached hydrogen (secondary N) is 1. The van der Waals surface area contributed by atoms with Gasteiger partial charge >= 0.3 is 5.97 Å². The molecule has 0 aromatic heterocycles. The van der Waals surface area contributed by atoms with E-state index < -0.39 is 5.97 Å². The minimum atomic E-state index is -0.970. The molecule has 0 amide bonds. The number of ketones is 1. The first-order valence-electron chi connectivity index (χ1n) is 6.12. The molecule has 4 nitrogen and oxygen atoms in total. The second kappa shape index (κ2) is 6.85. The normalized spacial score (nSPS) is 10.5. The van der Waals surface area contributed by atoms with Crippen molar-refractivity contribution in [1.29, 1.82) is 0 Å². The lowest BCUT2D eigenvalue weighted by Gasteiger charge is -2.01. The van der Waals surface area contributed by atoms with Gasteiger partial charge in [-0.05, 0) is 48.5 Å². The maximum absolute atomic E-state index is 11.9. The van der Waals surface area contributed by atoms with E-state index in [0.717, 1.165) is 4.47 Å². The zero-order chi connectivity index (χ0) is 15.2. The Hall–Kier alpha value is -2.40. The first-order valence-corrected chi connectivity index (χ1v) is 6.92. The van der Waals surface area contributed by atoms with E-state index in [-0.39, 0.29) is 11.3 Å². The van der Waals surface area contributed by atoms with Crippen molar-refractivity contribution in [2.75, 3.05) is 5.32 Å². The third-order valence-corrected chi connectivity index (χ3v) is 3.27. The van der Waals surface area contributed by atoms with Crippen LogP contribution in [0.15, 0.2) is 65.3 Å². The third-order valence-electron chi connectivity index (χ3n) is 2.75. The highest BCUT2D eigenvalue weighted by Crippen LogP contribution is 2.12. The average Bonchev–Trinajstić information content (AvgIpc) is 2.48. The molecular formula is C16H12BrNO3. The molecule has 2 aromatic rings. The number of aromatic carboxylic acids is 1. The number of carboxylic acids is 1. The van der Waals surface area contributed by atoms with Gasteiger partial charge in [-0.25, -0.2) is 4.79 Å². The van der Waals surface area contributed by atoms with E-state index in [9.17, 15) is 9.59 Å². The zero-order valence-corrected chi connectivity index (χ0v) is 12.5. The number of carbonyl (C=O) groups is 2. The first kappa shape index (κ1) is 15.0. The van der Waals surface area contributed by atoms with Crippen molar-refractivity contribution in [2.24, 2.45) is 0 Å². The van der Waals surface area contributed by atoms with Crippen LogP contribution in [0.4, 0.5) is 5.69 Å². The van der Waals surface area contributed by atoms with Crippen LogP contribution in [-0.4, -0.2) is 16.9 Å². The number of rotatable bonds is 5. The smallest absolute Gasteiger partial charge is 0.335 e. The molecule has 0 radical (unpaired) electrons. The molecular weight excluding hydrogens is 334 g/mol. The van der Waals surface area contributed by atoms with Crippen LogP contribution >= 0.6 is 15.9 Å². The summed E-state index contributed by atoms with van der Waals surface area (Å²) in [4.78, 5) is 22.6. The van der Waals surface area contributed by atoms with E-state index in [1.54, 1.807) is 36.4 Å². The van der Waals surface area contributed by atoms with Gasteiger partial charge < -0.3 is 10.4 Å². The van der Waals surface area contributed by atoms with Crippen LogP contribution in [0.25, 0.3) is 0 Å². The van der Waals surface area contributed by atoms with Crippen LogP contribution < -0.4 is 5.32 Å². The van der Waals surface area contributed by atoms with Gasteiger partial charge in [-0.2, -0.15) is 0 Å². The number of hydrogen-bond donors (Lipinski definition) is 2. The van der Waals surface area contributed by atoms with Crippen molar-refractivity contribution in [2.45, 2.75) is 0 Å². The van der Waals surface area contributed by atoms with Gasteiger partial charge in [0.15, 0.2) is 5.78 Å². The number of halogens is 1. The minimum absolute atomic E-state index is 0.114. The van der Waals surface area contributed by atoms with Gasteiger partial charge in [-0.15, -0.1) is 0 Å². The molecule has 2 N–H and O–H groups in total. The van der Waals surface area contributed by atoms with E-state index in [2.05, 4.69) is 21.2 Å². The van der Waals surface area contributed by atoms with E-state index in [1.165, 1.54) is 24.4 Å². The lowest BCUT2D eigenvalue weighted by atomic mass is 10.1. The summed E-state index contributed by atoms with van der Waals surface area (Å²) < 4.78 is 0.916. The quantitative estimate of drug-likeness (QED) is 0.635. The molecule has 0 heterocycles. The number of benzene rings is 2. The summed E-state index contributed by atoms with van der Waals surface area (Å²) in [5.41, 5.74) is 1.52. The molecule has 0 saturated heterocycles. The molecule has 106 valence electrons. The minimum Gasteiger partial charge on any atom is -0.478 e. The van der Waals surface area contributed by atoms with Gasteiger partial charge in [0.1, 0.15) is 0 Å². The summed E-state index contributed by atoms with van der Waals surface area (Å²) in [6.07, 6.45) is 2.95. The standard InChI is InChI=1S/C16H12BrNO3/c17-13-5-1-11(2-6-13)15(19)9-10-18-14-7-3-12(4-8-14)16(20)21/h1-10,18H,(H,20,21)/b10-9+. The van der Waals surface area contributed by atoms with Crippen molar-refractivity contribution in [3.05, 3.63) is 76.4 Å². The van der Waals surface area contributed by atoms with Crippen LogP contribution in [0.2, 0.25) is 0 Å². The van der Waals surface area contributed by atoms with Gasteiger partial charge in [0.05, 0.1) is 5.56 Å². The monoisotopic (exact) mass is 345 g/mol. The maximum atomic E-state index is 11.9. The van der Waals surface area contributed by atoms with Crippen molar-refractivity contribution in [3.63, 3.8) is 0 Å². The Kier molecular flexibility index (Phi) is 4.90. The summed E-state index contributed by atoms with van der Waals surface area (Å²) in [5.74, 6) is -1.08. The molecule has 0 aliphatic heterocycles. The van der Waals surface area contributed by atoms with Crippen LogP contribution in [0.5, 0.6) is 0 Å². The van der Waals surface area contributed by atoms with Crippen molar-refractivity contribution >= 4 is 33.4 Å². The summed E-state index contributed by atoms with van der Waals surface area (Å²) in [6.45, 7) is 0. The Balaban J connectivity index is 1.97. The fraction of sp³-hybridized carbons (Fsp3) is 0. The second-order valence-electron chi connectivity index (χ2n) is 4.23. The fourth-order valence-electron chi connectivity index (χ4n) is 1.63. The lowest BCUT2D eigenvalue weighted by molar-refractivity contribution is 0.0696. The van der Waals surface area contributed by atoms with Crippen LogP contribution in [-0.2, 0) is 0 Å². The molecule has 0 fully saturated rings. The highest BCUT2D eigenvalue weighted by Gasteiger charge is 2.02. The maximum Gasteiger partial charge on any atom is 0.335 e. The number of carboxylic acid groups (broad SMARTS) is 1. The lowest BCUT2D eigenvalue weighted by Crippen LogP contribution is -1.97. The zero-order valence-electron chi connectivity index (χ0n) is 10.9. The molecule has 0 aliphatic rings. The summed E-state index contributed by atoms with van der Waals surface area (Å²) >= 11 is 3.31. The molecule has 0 bridgehead atoms. The van der Waals surface area contributed by atoms with E-state index in [1.807, 2.05) is 0 Å². The molecule has 0 spiro atoms. The van der Waals surface area contributed by atoms with E-state index in [0.29, 0.717) is 11.3 Å². The van der Waals surface area contributed by atoms with Crippen LogP contribution in [0.1, 0.15) is 20.7 Å². The molecule has 2 aromatic carbocycles.